The van der Waals surface area contributed by atoms with E-state index in [1.54, 1.807) is 19.5 Å². The van der Waals surface area contributed by atoms with Crippen LogP contribution in [0.5, 0.6) is 11.5 Å². The molecule has 0 saturated heterocycles. The number of ether oxygens (including phenoxy) is 2. The minimum atomic E-state index is -1.50. The first-order valence-electron chi connectivity index (χ1n) is 10.5. The predicted molar refractivity (Wildman–Crippen MR) is 116 cm³/mol. The van der Waals surface area contributed by atoms with Gasteiger partial charge < -0.3 is 25.4 Å². The lowest BCUT2D eigenvalue weighted by atomic mass is 9.70. The second kappa shape index (κ2) is 7.34. The number of methoxy groups -OCH3 is 1. The van der Waals surface area contributed by atoms with Crippen LogP contribution in [0.3, 0.4) is 0 Å². The van der Waals surface area contributed by atoms with E-state index in [4.69, 9.17) is 15.2 Å². The lowest BCUT2D eigenvalue weighted by Gasteiger charge is -2.41. The maximum Gasteiger partial charge on any atom is 0.174 e. The van der Waals surface area contributed by atoms with Crippen LogP contribution in [-0.4, -0.2) is 28.9 Å². The van der Waals surface area contributed by atoms with Crippen molar-refractivity contribution in [3.63, 3.8) is 0 Å². The van der Waals surface area contributed by atoms with Crippen LogP contribution in [0.1, 0.15) is 34.6 Å². The quantitative estimate of drug-likeness (QED) is 0.590. The van der Waals surface area contributed by atoms with Gasteiger partial charge in [0.1, 0.15) is 17.1 Å². The SMILES string of the molecule is COc1cncc2c1C1(O)C(CO)CC(c3ccccc3)[C@]1(c1ccc(CN)cc1)O2. The van der Waals surface area contributed by atoms with Gasteiger partial charge in [-0.25, -0.2) is 0 Å². The average molecular weight is 418 g/mol. The van der Waals surface area contributed by atoms with E-state index in [9.17, 15) is 10.2 Å². The molecule has 4 atom stereocenters. The van der Waals surface area contributed by atoms with Gasteiger partial charge in [-0.3, -0.25) is 4.98 Å². The molecule has 31 heavy (non-hydrogen) atoms. The van der Waals surface area contributed by atoms with Gasteiger partial charge in [0, 0.05) is 25.0 Å². The number of hydrogen-bond donors (Lipinski definition) is 3. The Morgan fingerprint density at radius 2 is 1.87 bits per heavy atom. The lowest BCUT2D eigenvalue weighted by molar-refractivity contribution is -0.135. The van der Waals surface area contributed by atoms with E-state index in [2.05, 4.69) is 4.98 Å². The van der Waals surface area contributed by atoms with Crippen LogP contribution in [0, 0.1) is 5.92 Å². The Bertz CT molecular complexity index is 1090. The third kappa shape index (κ3) is 2.59. The highest BCUT2D eigenvalue weighted by Gasteiger charge is 2.73. The molecule has 4 N–H and O–H groups in total. The van der Waals surface area contributed by atoms with E-state index in [0.717, 1.165) is 16.7 Å². The first-order valence-corrected chi connectivity index (χ1v) is 10.5. The molecule has 0 bridgehead atoms. The first-order chi connectivity index (χ1) is 15.1. The van der Waals surface area contributed by atoms with Crippen LogP contribution in [0.2, 0.25) is 0 Å². The molecule has 0 amide bonds. The number of pyridine rings is 1. The summed E-state index contributed by atoms with van der Waals surface area (Å²) >= 11 is 0. The summed E-state index contributed by atoms with van der Waals surface area (Å²) in [7, 11) is 1.55. The summed E-state index contributed by atoms with van der Waals surface area (Å²) < 4.78 is 12.3. The van der Waals surface area contributed by atoms with Crippen molar-refractivity contribution >= 4 is 0 Å². The number of rotatable bonds is 5. The minimum Gasteiger partial charge on any atom is -0.495 e. The van der Waals surface area contributed by atoms with Crippen LogP contribution in [-0.2, 0) is 17.7 Å². The fourth-order valence-corrected chi connectivity index (χ4v) is 5.56. The number of nitrogens with two attached hydrogens (primary N) is 1. The van der Waals surface area contributed by atoms with Gasteiger partial charge in [-0.2, -0.15) is 0 Å². The number of benzene rings is 2. The Kier molecular flexibility index (Phi) is 4.73. The maximum atomic E-state index is 12.5. The minimum absolute atomic E-state index is 0.184. The molecular formula is C25H26N2O4. The van der Waals surface area contributed by atoms with E-state index in [1.165, 1.54) is 0 Å². The molecule has 1 saturated carbocycles. The van der Waals surface area contributed by atoms with Crippen molar-refractivity contribution in [1.29, 1.82) is 0 Å². The van der Waals surface area contributed by atoms with Gasteiger partial charge in [-0.1, -0.05) is 54.6 Å². The van der Waals surface area contributed by atoms with Crippen LogP contribution >= 0.6 is 0 Å². The lowest BCUT2D eigenvalue weighted by Crippen LogP contribution is -2.51. The molecule has 5 rings (SSSR count). The molecule has 1 fully saturated rings. The maximum absolute atomic E-state index is 12.5. The third-order valence-electron chi connectivity index (χ3n) is 6.96. The average Bonchev–Trinajstić information content (AvgIpc) is 3.24. The number of fused-ring (bicyclic) bond motifs is 3. The van der Waals surface area contributed by atoms with Gasteiger partial charge >= 0.3 is 0 Å². The second-order valence-corrected chi connectivity index (χ2v) is 8.30. The van der Waals surface area contributed by atoms with E-state index >= 15 is 0 Å². The summed E-state index contributed by atoms with van der Waals surface area (Å²) in [5.74, 6) is 0.276. The highest BCUT2D eigenvalue weighted by molar-refractivity contribution is 5.58. The van der Waals surface area contributed by atoms with Crippen LogP contribution in [0.4, 0.5) is 0 Å². The van der Waals surface area contributed by atoms with Crippen molar-refractivity contribution in [3.8, 4) is 11.5 Å². The van der Waals surface area contributed by atoms with E-state index in [-0.39, 0.29) is 12.5 Å². The van der Waals surface area contributed by atoms with Crippen molar-refractivity contribution in [1.82, 2.24) is 4.98 Å². The fourth-order valence-electron chi connectivity index (χ4n) is 5.56. The molecule has 2 aromatic carbocycles. The Balaban J connectivity index is 1.81. The molecule has 1 aliphatic carbocycles. The van der Waals surface area contributed by atoms with E-state index in [1.807, 2.05) is 54.6 Å². The normalized spacial score (nSPS) is 28.6. The van der Waals surface area contributed by atoms with Gasteiger partial charge in [0.2, 0.25) is 0 Å². The fraction of sp³-hybridized carbons (Fsp3) is 0.320. The Morgan fingerprint density at radius 3 is 2.52 bits per heavy atom. The summed E-state index contributed by atoms with van der Waals surface area (Å²) in [6.07, 6.45) is 3.75. The topological polar surface area (TPSA) is 97.8 Å². The number of nitrogens with zero attached hydrogens (tertiary/aromatic N) is 1. The number of aliphatic hydroxyl groups excluding tert-OH is 1. The third-order valence-corrected chi connectivity index (χ3v) is 6.96. The van der Waals surface area contributed by atoms with Crippen molar-refractivity contribution in [2.45, 2.75) is 30.1 Å². The summed E-state index contributed by atoms with van der Waals surface area (Å²) in [5.41, 5.74) is 6.57. The zero-order chi connectivity index (χ0) is 21.6. The molecule has 0 radical (unpaired) electrons. The highest BCUT2D eigenvalue weighted by Crippen LogP contribution is 2.69. The van der Waals surface area contributed by atoms with Crippen molar-refractivity contribution < 1.29 is 19.7 Å². The van der Waals surface area contributed by atoms with Crippen molar-refractivity contribution in [2.24, 2.45) is 11.7 Å². The van der Waals surface area contributed by atoms with Gasteiger partial charge in [-0.05, 0) is 23.1 Å². The molecule has 0 spiro atoms. The summed E-state index contributed by atoms with van der Waals surface area (Å²) in [6, 6.07) is 17.9. The van der Waals surface area contributed by atoms with Crippen LogP contribution in [0.25, 0.3) is 0 Å². The molecule has 6 nitrogen and oxygen atoms in total. The number of aromatic nitrogens is 1. The molecule has 3 aromatic rings. The van der Waals surface area contributed by atoms with Crippen LogP contribution in [0.15, 0.2) is 67.0 Å². The standard InChI is InChI=1S/C25H26N2O4/c1-30-21-13-27-14-22-23(21)24(29)19(15-28)11-20(17-5-3-2-4-6-17)25(24,31-22)18-9-7-16(12-26)8-10-18/h2-10,13-14,19-20,28-29H,11-12,15,26H2,1H3/t19?,20?,24?,25-/m0/s1. The Labute approximate surface area is 181 Å². The molecule has 1 aliphatic heterocycles. The zero-order valence-electron chi connectivity index (χ0n) is 17.4. The van der Waals surface area contributed by atoms with Crippen molar-refractivity contribution in [2.75, 3.05) is 13.7 Å². The van der Waals surface area contributed by atoms with Gasteiger partial charge in [0.25, 0.3) is 0 Å². The monoisotopic (exact) mass is 418 g/mol. The molecular weight excluding hydrogens is 392 g/mol. The second-order valence-electron chi connectivity index (χ2n) is 8.30. The van der Waals surface area contributed by atoms with Gasteiger partial charge in [0.15, 0.2) is 5.60 Å². The van der Waals surface area contributed by atoms with Gasteiger partial charge in [-0.15, -0.1) is 0 Å². The highest BCUT2D eigenvalue weighted by atomic mass is 16.5. The van der Waals surface area contributed by atoms with E-state index in [0.29, 0.717) is 30.0 Å². The summed E-state index contributed by atoms with van der Waals surface area (Å²) in [5, 5.41) is 22.9. The molecule has 2 aliphatic rings. The molecule has 1 aromatic heterocycles. The smallest absolute Gasteiger partial charge is 0.174 e. The number of hydrogen-bond acceptors (Lipinski definition) is 6. The Morgan fingerprint density at radius 1 is 1.13 bits per heavy atom. The first kappa shape index (κ1) is 20.0. The molecule has 6 heteroatoms. The molecule has 2 heterocycles. The van der Waals surface area contributed by atoms with Crippen LogP contribution < -0.4 is 15.2 Å². The molecule has 160 valence electrons. The van der Waals surface area contributed by atoms with E-state index < -0.39 is 17.1 Å². The molecule has 3 unspecified atom stereocenters. The number of aliphatic hydroxyl groups is 2. The largest absolute Gasteiger partial charge is 0.495 e. The van der Waals surface area contributed by atoms with Crippen molar-refractivity contribution in [3.05, 3.63) is 89.2 Å². The Hall–Kier alpha value is -2.93. The zero-order valence-corrected chi connectivity index (χ0v) is 17.4. The van der Waals surface area contributed by atoms with Gasteiger partial charge in [0.05, 0.1) is 25.1 Å². The summed E-state index contributed by atoms with van der Waals surface area (Å²) in [6.45, 7) is 0.245. The predicted octanol–water partition coefficient (Wildman–Crippen LogP) is 2.82. The summed E-state index contributed by atoms with van der Waals surface area (Å²) in [4.78, 5) is 4.25.